The molecule has 2 aromatic carbocycles. The maximum absolute atomic E-state index is 16.9. The molecule has 1 aliphatic carbocycles. The van der Waals surface area contributed by atoms with Gasteiger partial charge >= 0.3 is 17.8 Å². The van der Waals surface area contributed by atoms with E-state index < -0.39 is 40.0 Å². The van der Waals surface area contributed by atoms with Gasteiger partial charge in [-0.05, 0) is 82.6 Å². The summed E-state index contributed by atoms with van der Waals surface area (Å²) in [7, 11) is 0. The van der Waals surface area contributed by atoms with E-state index in [1.165, 1.54) is 34.8 Å². The molecule has 14 heteroatoms. The lowest BCUT2D eigenvalue weighted by Crippen LogP contribution is -2.48. The van der Waals surface area contributed by atoms with E-state index >= 15 is 26.3 Å². The van der Waals surface area contributed by atoms with Gasteiger partial charge in [-0.3, -0.25) is 0 Å². The van der Waals surface area contributed by atoms with E-state index in [9.17, 15) is 10.2 Å². The van der Waals surface area contributed by atoms with Gasteiger partial charge in [-0.1, -0.05) is 65.8 Å². The second-order valence-corrected chi connectivity index (χ2v) is 21.2. The number of alkyl halides is 6. The van der Waals surface area contributed by atoms with E-state index in [0.717, 1.165) is 32.4 Å². The minimum absolute atomic E-state index is 0.0957. The first-order valence-electron chi connectivity index (χ1n) is 19.8. The minimum Gasteiger partial charge on any atom is -0.493 e. The molecule has 0 bridgehead atoms. The van der Waals surface area contributed by atoms with Crippen molar-refractivity contribution in [3.8, 4) is 51.9 Å². The fourth-order valence-corrected chi connectivity index (χ4v) is 11.6. The number of aliphatic hydroxyl groups is 2. The lowest BCUT2D eigenvalue weighted by Gasteiger charge is -2.26. The van der Waals surface area contributed by atoms with Crippen LogP contribution in [-0.4, -0.2) is 54.4 Å². The number of aliphatic hydroxyl groups excluding tert-OH is 2. The zero-order valence-corrected chi connectivity index (χ0v) is 37.7. The van der Waals surface area contributed by atoms with Crippen LogP contribution in [0.15, 0.2) is 84.9 Å². The van der Waals surface area contributed by atoms with Gasteiger partial charge < -0.3 is 19.7 Å². The molecule has 4 aromatic heterocycles. The first-order valence-corrected chi connectivity index (χ1v) is 23.0. The van der Waals surface area contributed by atoms with Crippen LogP contribution in [0.2, 0.25) is 0 Å². The maximum Gasteiger partial charge on any atom is 0.380 e. The van der Waals surface area contributed by atoms with Crippen molar-refractivity contribution >= 4 is 56.5 Å². The monoisotopic (exact) mass is 916 g/mol. The van der Waals surface area contributed by atoms with Gasteiger partial charge in [0.2, 0.25) is 0 Å². The Bertz CT molecular complexity index is 2370. The molecule has 0 aliphatic heterocycles. The van der Waals surface area contributed by atoms with Crippen molar-refractivity contribution in [3.63, 3.8) is 0 Å². The van der Waals surface area contributed by atoms with Crippen molar-refractivity contribution in [1.29, 1.82) is 0 Å². The van der Waals surface area contributed by atoms with Crippen molar-refractivity contribution in [2.75, 3.05) is 26.4 Å². The molecule has 61 heavy (non-hydrogen) atoms. The van der Waals surface area contributed by atoms with Gasteiger partial charge in [-0.25, -0.2) is 0 Å². The van der Waals surface area contributed by atoms with Crippen LogP contribution in [0.5, 0.6) is 11.5 Å². The largest absolute Gasteiger partial charge is 0.493 e. The van der Waals surface area contributed by atoms with Crippen molar-refractivity contribution in [1.82, 2.24) is 0 Å². The molecule has 4 heterocycles. The number of allylic oxidation sites excluding steroid dienone is 2. The van der Waals surface area contributed by atoms with Crippen LogP contribution in [0.4, 0.5) is 26.3 Å². The molecule has 0 fully saturated rings. The number of hydrogen-bond acceptors (Lipinski definition) is 8. The lowest BCUT2D eigenvalue weighted by molar-refractivity contribution is -0.254. The second-order valence-electron chi connectivity index (χ2n) is 16.9. The molecule has 2 N–H and O–H groups in total. The van der Waals surface area contributed by atoms with Gasteiger partial charge in [-0.15, -0.1) is 45.3 Å². The van der Waals surface area contributed by atoms with Gasteiger partial charge in [0.05, 0.1) is 13.2 Å². The number of rotatable bonds is 14. The molecule has 0 radical (unpaired) electrons. The first-order chi connectivity index (χ1) is 28.7. The molecule has 6 aromatic rings. The SMILES string of the molecule is CC(C)(C)c1ccc(-c2cc(C3=C(c4cc(-c5ccc(C(C)(C)C)s5)sc4-c4cccc(OCCCO)c4)C(F)(F)C(F)(F)C3(F)F)c(-c3cccc(OCCCO)c3)s2)s1. The maximum atomic E-state index is 16.9. The molecule has 0 saturated heterocycles. The van der Waals surface area contributed by atoms with E-state index in [2.05, 4.69) is 0 Å². The van der Waals surface area contributed by atoms with E-state index in [0.29, 0.717) is 55.0 Å². The number of hydrogen-bond donors (Lipinski definition) is 2. The third-order valence-corrected chi connectivity index (χ3v) is 16.0. The number of thiophene rings is 4. The summed E-state index contributed by atoms with van der Waals surface area (Å²) in [5, 5.41) is 18.6. The van der Waals surface area contributed by atoms with E-state index in [1.807, 2.05) is 65.8 Å². The van der Waals surface area contributed by atoms with Crippen molar-refractivity contribution in [2.45, 2.75) is 83.0 Å². The molecule has 1 aliphatic rings. The van der Waals surface area contributed by atoms with Crippen LogP contribution in [-0.2, 0) is 10.8 Å². The van der Waals surface area contributed by atoms with Crippen LogP contribution in [0, 0.1) is 0 Å². The van der Waals surface area contributed by atoms with Gasteiger partial charge in [0.15, 0.2) is 0 Å². The van der Waals surface area contributed by atoms with Crippen LogP contribution >= 0.6 is 45.3 Å². The predicted molar refractivity (Wildman–Crippen MR) is 240 cm³/mol. The molecular weight excluding hydrogens is 871 g/mol. The van der Waals surface area contributed by atoms with Gasteiger partial charge in [0.1, 0.15) is 11.5 Å². The Kier molecular flexibility index (Phi) is 12.6. The zero-order chi connectivity index (χ0) is 44.1. The fraction of sp³-hybridized carbons (Fsp3) is 0.362. The smallest absolute Gasteiger partial charge is 0.380 e. The molecule has 0 amide bonds. The summed E-state index contributed by atoms with van der Waals surface area (Å²) in [5.74, 6) is -15.8. The zero-order valence-electron chi connectivity index (χ0n) is 34.4. The number of ether oxygens (including phenoxy) is 2. The Hall–Kier alpha value is -3.92. The molecule has 4 nitrogen and oxygen atoms in total. The third-order valence-electron chi connectivity index (χ3n) is 10.2. The summed E-state index contributed by atoms with van der Waals surface area (Å²) < 4.78 is 112. The van der Waals surface area contributed by atoms with Crippen LogP contribution in [0.1, 0.15) is 75.3 Å². The molecule has 0 unspecified atom stereocenters. The summed E-state index contributed by atoms with van der Waals surface area (Å²) in [6.45, 7) is 12.2. The Morgan fingerprint density at radius 1 is 0.508 bits per heavy atom. The molecule has 0 atom stereocenters. The van der Waals surface area contributed by atoms with Gasteiger partial charge in [0.25, 0.3) is 0 Å². The van der Waals surface area contributed by atoms with Crippen LogP contribution < -0.4 is 9.47 Å². The fourth-order valence-electron chi connectivity index (χ4n) is 6.97. The topological polar surface area (TPSA) is 58.9 Å². The summed E-state index contributed by atoms with van der Waals surface area (Å²) in [4.78, 5) is 4.41. The summed E-state index contributed by atoms with van der Waals surface area (Å²) >= 11 is 4.95. The average molecular weight is 917 g/mol. The first kappa shape index (κ1) is 45.1. The molecular formula is C47H46F6O4S4. The molecule has 7 rings (SSSR count). The Morgan fingerprint density at radius 3 is 1.25 bits per heavy atom. The van der Waals surface area contributed by atoms with E-state index in [4.69, 9.17) is 9.47 Å². The lowest BCUT2D eigenvalue weighted by atomic mass is 9.92. The van der Waals surface area contributed by atoms with E-state index in [-0.39, 0.29) is 47.0 Å². The predicted octanol–water partition coefficient (Wildman–Crippen LogP) is 14.5. The van der Waals surface area contributed by atoms with Gasteiger partial charge in [0, 0.05) is 87.3 Å². The highest BCUT2D eigenvalue weighted by molar-refractivity contribution is 7.24. The third kappa shape index (κ3) is 8.60. The van der Waals surface area contributed by atoms with Crippen LogP contribution in [0.3, 0.4) is 0 Å². The minimum atomic E-state index is -5.81. The normalized spacial score (nSPS) is 16.1. The number of benzene rings is 2. The Labute approximate surface area is 367 Å². The van der Waals surface area contributed by atoms with Crippen LogP contribution in [0.25, 0.3) is 51.5 Å². The summed E-state index contributed by atoms with van der Waals surface area (Å²) in [6.07, 6.45) is 0.650. The Morgan fingerprint density at radius 2 is 0.902 bits per heavy atom. The Balaban J connectivity index is 1.53. The summed E-state index contributed by atoms with van der Waals surface area (Å²) in [6, 6.07) is 23.0. The quantitative estimate of drug-likeness (QED) is 0.0844. The standard InChI is InChI=1S/C47H46F6O4S4/c1-43(2,3)37-17-15-33(58-37)35-25-31(41(60-35)27-11-7-13-29(23-27)56-21-9-19-54)39-40(46(50,51)47(52,53)45(39,48)49)32-26-36(34-16-18-38(59-34)44(4,5)6)61-42(32)28-12-8-14-30(24-28)57-22-10-20-55/h7-8,11-18,23-26,54-55H,9-10,19-22H2,1-6H3. The molecule has 324 valence electrons. The average Bonchev–Trinajstić information content (AvgIpc) is 4.03. The van der Waals surface area contributed by atoms with Crippen molar-refractivity contribution < 1.29 is 46.0 Å². The highest BCUT2D eigenvalue weighted by atomic mass is 32.1. The van der Waals surface area contributed by atoms with Gasteiger partial charge in [-0.2, -0.15) is 26.3 Å². The molecule has 0 saturated carbocycles. The number of halogens is 6. The molecule has 0 spiro atoms. The second kappa shape index (κ2) is 17.0. The highest BCUT2D eigenvalue weighted by Gasteiger charge is 2.80. The summed E-state index contributed by atoms with van der Waals surface area (Å²) in [5.41, 5.74) is -3.63. The highest BCUT2D eigenvalue weighted by Crippen LogP contribution is 2.67. The van der Waals surface area contributed by atoms with E-state index in [1.54, 1.807) is 48.5 Å². The van der Waals surface area contributed by atoms with Crippen molar-refractivity contribution in [2.24, 2.45) is 0 Å². The van der Waals surface area contributed by atoms with Crippen molar-refractivity contribution in [3.05, 3.63) is 106 Å².